The van der Waals surface area contributed by atoms with Gasteiger partial charge in [-0.05, 0) is 37.1 Å². The second-order valence-corrected chi connectivity index (χ2v) is 6.99. The van der Waals surface area contributed by atoms with Crippen LogP contribution in [0.3, 0.4) is 0 Å². The Bertz CT molecular complexity index is 949. The topological polar surface area (TPSA) is 63.5 Å². The van der Waals surface area contributed by atoms with E-state index in [0.717, 1.165) is 18.7 Å². The van der Waals surface area contributed by atoms with Crippen molar-refractivity contribution in [1.29, 1.82) is 0 Å². The van der Waals surface area contributed by atoms with Crippen molar-refractivity contribution in [2.45, 2.75) is 33.0 Å². The first-order valence-corrected chi connectivity index (χ1v) is 10.1. The molecule has 6 nitrogen and oxygen atoms in total. The summed E-state index contributed by atoms with van der Waals surface area (Å²) in [6.07, 6.45) is 5.31. The van der Waals surface area contributed by atoms with E-state index in [1.165, 1.54) is 11.6 Å². The number of benzene rings is 2. The Kier molecular flexibility index (Phi) is 10.3. The number of hydrogen-bond donors (Lipinski definition) is 2. The van der Waals surface area contributed by atoms with Gasteiger partial charge in [-0.1, -0.05) is 36.4 Å². The highest BCUT2D eigenvalue weighted by Crippen LogP contribution is 2.16. The van der Waals surface area contributed by atoms with Gasteiger partial charge in [0.05, 0.1) is 19.4 Å². The molecule has 0 aliphatic heterocycles. The van der Waals surface area contributed by atoms with Crippen molar-refractivity contribution in [3.63, 3.8) is 0 Å². The van der Waals surface area contributed by atoms with Crippen molar-refractivity contribution in [2.75, 3.05) is 13.1 Å². The lowest BCUT2D eigenvalue weighted by atomic mass is 10.1. The molecule has 0 bridgehead atoms. The largest absolute Gasteiger partial charge is 0.486 e. The molecule has 31 heavy (non-hydrogen) atoms. The third-order valence-corrected chi connectivity index (χ3v) is 4.40. The van der Waals surface area contributed by atoms with Crippen LogP contribution >= 0.6 is 24.0 Å². The van der Waals surface area contributed by atoms with E-state index in [0.29, 0.717) is 19.0 Å². The fraction of sp³-hybridized carbons (Fsp3) is 0.304. The van der Waals surface area contributed by atoms with Gasteiger partial charge >= 0.3 is 0 Å². The Balaban J connectivity index is 0.00000341. The molecular formula is C23H29FIN5O. The number of nitrogens with one attached hydrogen (secondary N) is 2. The van der Waals surface area contributed by atoms with Crippen molar-refractivity contribution >= 4 is 29.9 Å². The van der Waals surface area contributed by atoms with E-state index >= 15 is 0 Å². The van der Waals surface area contributed by atoms with E-state index in [1.807, 2.05) is 37.0 Å². The molecule has 1 aromatic heterocycles. The van der Waals surface area contributed by atoms with Gasteiger partial charge < -0.3 is 19.9 Å². The lowest BCUT2D eigenvalue weighted by molar-refractivity contribution is 0.214. The van der Waals surface area contributed by atoms with Crippen molar-refractivity contribution in [1.82, 2.24) is 20.2 Å². The van der Waals surface area contributed by atoms with Crippen LogP contribution in [0.25, 0.3) is 0 Å². The molecule has 0 aliphatic carbocycles. The summed E-state index contributed by atoms with van der Waals surface area (Å²) in [7, 11) is 0. The average molecular weight is 537 g/mol. The Hall–Kier alpha value is -2.62. The highest BCUT2D eigenvalue weighted by molar-refractivity contribution is 14.0. The third-order valence-electron chi connectivity index (χ3n) is 4.40. The van der Waals surface area contributed by atoms with Crippen LogP contribution in [0, 0.1) is 5.82 Å². The van der Waals surface area contributed by atoms with Gasteiger partial charge in [-0.25, -0.2) is 14.4 Å². The molecule has 0 saturated carbocycles. The molecule has 0 amide bonds. The molecule has 1 atom stereocenters. The Morgan fingerprint density at radius 2 is 1.97 bits per heavy atom. The fourth-order valence-corrected chi connectivity index (χ4v) is 2.97. The van der Waals surface area contributed by atoms with Gasteiger partial charge in [0.1, 0.15) is 6.10 Å². The van der Waals surface area contributed by atoms with Crippen LogP contribution < -0.4 is 15.4 Å². The monoisotopic (exact) mass is 537 g/mol. The zero-order chi connectivity index (χ0) is 21.2. The van der Waals surface area contributed by atoms with E-state index in [4.69, 9.17) is 4.74 Å². The standard InChI is InChI=1S/C23H28FN5O.HI/c1-3-26-23(27-14-18(2)30-22-10-5-4-9-21(22)24)28-15-19-7-6-8-20(13-19)16-29-12-11-25-17-29;/h4-13,17-18H,3,14-16H2,1-2H3,(H2,26,27,28);1H. The molecule has 0 radical (unpaired) electrons. The molecule has 0 fully saturated rings. The second-order valence-electron chi connectivity index (χ2n) is 6.99. The summed E-state index contributed by atoms with van der Waals surface area (Å²) in [5.74, 6) is 0.588. The van der Waals surface area contributed by atoms with E-state index in [-0.39, 0.29) is 41.6 Å². The molecular weight excluding hydrogens is 508 g/mol. The number of imidazole rings is 1. The predicted molar refractivity (Wildman–Crippen MR) is 132 cm³/mol. The van der Waals surface area contributed by atoms with Crippen LogP contribution in [0.15, 0.2) is 72.2 Å². The van der Waals surface area contributed by atoms with E-state index in [2.05, 4.69) is 38.8 Å². The lowest BCUT2D eigenvalue weighted by Crippen LogP contribution is -2.41. The normalized spacial score (nSPS) is 12.0. The number of halogens is 2. The van der Waals surface area contributed by atoms with Gasteiger partial charge in [-0.15, -0.1) is 24.0 Å². The molecule has 3 rings (SSSR count). The quantitative estimate of drug-likeness (QED) is 0.244. The Morgan fingerprint density at radius 3 is 2.71 bits per heavy atom. The lowest BCUT2D eigenvalue weighted by Gasteiger charge is -2.18. The average Bonchev–Trinajstić information content (AvgIpc) is 3.25. The Morgan fingerprint density at radius 1 is 1.16 bits per heavy atom. The molecule has 2 aromatic carbocycles. The maximum absolute atomic E-state index is 13.7. The highest BCUT2D eigenvalue weighted by atomic mass is 127. The summed E-state index contributed by atoms with van der Waals surface area (Å²) in [5, 5.41) is 6.49. The summed E-state index contributed by atoms with van der Waals surface area (Å²) < 4.78 is 21.5. The molecule has 166 valence electrons. The molecule has 0 saturated heterocycles. The maximum atomic E-state index is 13.7. The van der Waals surface area contributed by atoms with Crippen LogP contribution in [0.2, 0.25) is 0 Å². The zero-order valence-electron chi connectivity index (χ0n) is 17.8. The molecule has 8 heteroatoms. The van der Waals surface area contributed by atoms with Crippen molar-refractivity contribution in [2.24, 2.45) is 4.99 Å². The van der Waals surface area contributed by atoms with Crippen LogP contribution in [0.5, 0.6) is 5.75 Å². The summed E-state index contributed by atoms with van der Waals surface area (Å²) in [5.41, 5.74) is 2.33. The number of nitrogens with zero attached hydrogens (tertiary/aromatic N) is 3. The molecule has 1 unspecified atom stereocenters. The van der Waals surface area contributed by atoms with Crippen LogP contribution in [0.4, 0.5) is 4.39 Å². The third kappa shape index (κ3) is 8.20. The number of para-hydroxylation sites is 1. The van der Waals surface area contributed by atoms with Gasteiger partial charge in [0.2, 0.25) is 0 Å². The molecule has 0 spiro atoms. The van der Waals surface area contributed by atoms with Gasteiger partial charge in [-0.3, -0.25) is 0 Å². The van der Waals surface area contributed by atoms with Gasteiger partial charge in [-0.2, -0.15) is 0 Å². The van der Waals surface area contributed by atoms with Gasteiger partial charge in [0.25, 0.3) is 0 Å². The highest BCUT2D eigenvalue weighted by Gasteiger charge is 2.09. The number of hydrogen-bond acceptors (Lipinski definition) is 3. The molecule has 3 aromatic rings. The number of rotatable bonds is 9. The van der Waals surface area contributed by atoms with E-state index in [1.54, 1.807) is 24.4 Å². The molecule has 1 heterocycles. The first kappa shape index (κ1) is 24.6. The van der Waals surface area contributed by atoms with Crippen LogP contribution in [-0.4, -0.2) is 34.7 Å². The first-order valence-electron chi connectivity index (χ1n) is 10.1. The van der Waals surface area contributed by atoms with E-state index in [9.17, 15) is 4.39 Å². The zero-order valence-corrected chi connectivity index (χ0v) is 20.1. The van der Waals surface area contributed by atoms with Crippen molar-refractivity contribution in [3.8, 4) is 5.75 Å². The number of guanidine groups is 1. The minimum Gasteiger partial charge on any atom is -0.486 e. The summed E-state index contributed by atoms with van der Waals surface area (Å²) >= 11 is 0. The SMILES string of the molecule is CCNC(=NCc1cccc(Cn2ccnc2)c1)NCC(C)Oc1ccccc1F.I. The van der Waals surface area contributed by atoms with Gasteiger partial charge in [0.15, 0.2) is 17.5 Å². The number of ether oxygens (including phenoxy) is 1. The van der Waals surface area contributed by atoms with Gasteiger partial charge in [0, 0.05) is 25.5 Å². The summed E-state index contributed by atoms with van der Waals surface area (Å²) in [4.78, 5) is 8.74. The predicted octanol–water partition coefficient (Wildman–Crippen LogP) is 4.21. The second kappa shape index (κ2) is 12.9. The summed E-state index contributed by atoms with van der Waals surface area (Å²) in [6.45, 7) is 6.48. The molecule has 0 aliphatic rings. The van der Waals surface area contributed by atoms with Crippen molar-refractivity contribution in [3.05, 3.63) is 84.2 Å². The Labute approximate surface area is 200 Å². The van der Waals surface area contributed by atoms with Crippen molar-refractivity contribution < 1.29 is 9.13 Å². The maximum Gasteiger partial charge on any atom is 0.191 e. The molecule has 2 N–H and O–H groups in total. The number of aromatic nitrogens is 2. The number of aliphatic imine (C=N–C) groups is 1. The smallest absolute Gasteiger partial charge is 0.191 e. The van der Waals surface area contributed by atoms with Crippen LogP contribution in [0.1, 0.15) is 25.0 Å². The summed E-state index contributed by atoms with van der Waals surface area (Å²) in [6, 6.07) is 14.8. The van der Waals surface area contributed by atoms with Crippen LogP contribution in [-0.2, 0) is 13.1 Å². The first-order chi connectivity index (χ1) is 14.6. The minimum absolute atomic E-state index is 0. The minimum atomic E-state index is -0.361. The fourth-order valence-electron chi connectivity index (χ4n) is 2.97. The van der Waals surface area contributed by atoms with E-state index < -0.39 is 0 Å².